The van der Waals surface area contributed by atoms with E-state index in [2.05, 4.69) is 11.1 Å². The van der Waals surface area contributed by atoms with Crippen LogP contribution in [0.3, 0.4) is 0 Å². The van der Waals surface area contributed by atoms with Gasteiger partial charge in [0.15, 0.2) is 0 Å². The number of anilines is 1. The fourth-order valence-corrected chi connectivity index (χ4v) is 2.67. The molecule has 0 aliphatic carbocycles. The molecule has 0 bridgehead atoms. The summed E-state index contributed by atoms with van der Waals surface area (Å²) >= 11 is 0. The van der Waals surface area contributed by atoms with Crippen molar-refractivity contribution in [2.24, 2.45) is 0 Å². The third-order valence-electron chi connectivity index (χ3n) is 3.70. The second-order valence-electron chi connectivity index (χ2n) is 5.12. The van der Waals surface area contributed by atoms with Gasteiger partial charge in [-0.2, -0.15) is 5.26 Å². The van der Waals surface area contributed by atoms with Gasteiger partial charge in [-0.1, -0.05) is 18.2 Å². The Labute approximate surface area is 123 Å². The number of amides is 1. The van der Waals surface area contributed by atoms with Crippen LogP contribution in [-0.4, -0.2) is 10.9 Å². The molecular weight excluding hydrogens is 262 g/mol. The van der Waals surface area contributed by atoms with Crippen molar-refractivity contribution in [3.63, 3.8) is 0 Å². The molecule has 4 nitrogen and oxygen atoms in total. The summed E-state index contributed by atoms with van der Waals surface area (Å²) in [5.74, 6) is 0.135. The molecule has 4 heteroatoms. The van der Waals surface area contributed by atoms with E-state index in [0.717, 1.165) is 24.1 Å². The molecule has 21 heavy (non-hydrogen) atoms. The molecule has 3 rings (SSSR count). The van der Waals surface area contributed by atoms with E-state index in [1.54, 1.807) is 12.3 Å². The number of carbonyl (C=O) groups excluding carboxylic acids is 1. The Morgan fingerprint density at radius 3 is 2.95 bits per heavy atom. The van der Waals surface area contributed by atoms with Crippen molar-refractivity contribution in [2.45, 2.75) is 25.8 Å². The van der Waals surface area contributed by atoms with Crippen LogP contribution in [0.15, 0.2) is 42.6 Å². The number of hydrogen-bond donors (Lipinski definition) is 0. The number of fused-ring (bicyclic) bond motifs is 1. The van der Waals surface area contributed by atoms with Crippen LogP contribution >= 0.6 is 0 Å². The zero-order chi connectivity index (χ0) is 14.7. The highest BCUT2D eigenvalue weighted by atomic mass is 16.2. The first-order chi connectivity index (χ1) is 10.3. The number of para-hydroxylation sites is 1. The summed E-state index contributed by atoms with van der Waals surface area (Å²) in [6, 6.07) is 13.7. The molecule has 0 atom stereocenters. The van der Waals surface area contributed by atoms with Gasteiger partial charge >= 0.3 is 0 Å². The minimum Gasteiger partial charge on any atom is -0.308 e. The molecule has 1 aliphatic heterocycles. The van der Waals surface area contributed by atoms with Crippen LogP contribution in [0.1, 0.15) is 29.7 Å². The number of nitriles is 1. The molecule has 0 fully saturated rings. The van der Waals surface area contributed by atoms with Crippen molar-refractivity contribution in [2.75, 3.05) is 4.90 Å². The zero-order valence-electron chi connectivity index (χ0n) is 11.6. The number of nitrogens with zero attached hydrogens (tertiary/aromatic N) is 3. The van der Waals surface area contributed by atoms with E-state index < -0.39 is 0 Å². The van der Waals surface area contributed by atoms with Crippen LogP contribution in [-0.2, 0) is 17.8 Å². The molecule has 0 saturated carbocycles. The summed E-state index contributed by atoms with van der Waals surface area (Å²) in [6.45, 7) is 0.479. The maximum atomic E-state index is 12.4. The minimum atomic E-state index is 0.135. The van der Waals surface area contributed by atoms with Gasteiger partial charge in [-0.3, -0.25) is 4.79 Å². The van der Waals surface area contributed by atoms with Crippen LogP contribution < -0.4 is 4.90 Å². The summed E-state index contributed by atoms with van der Waals surface area (Å²) in [6.07, 6.45) is 3.98. The molecule has 104 valence electrons. The lowest BCUT2D eigenvalue weighted by Gasteiger charge is -2.23. The number of pyridine rings is 1. The Morgan fingerprint density at radius 1 is 1.24 bits per heavy atom. The van der Waals surface area contributed by atoms with Crippen LogP contribution in [0.2, 0.25) is 0 Å². The molecule has 2 heterocycles. The lowest BCUT2D eigenvalue weighted by atomic mass is 10.1. The molecule has 2 aromatic rings. The normalized spacial score (nSPS) is 14.2. The molecule has 0 N–H and O–H groups in total. The number of rotatable bonds is 2. The van der Waals surface area contributed by atoms with Crippen LogP contribution in [0.25, 0.3) is 0 Å². The highest BCUT2D eigenvalue weighted by molar-refractivity contribution is 5.94. The summed E-state index contributed by atoms with van der Waals surface area (Å²) in [4.78, 5) is 18.2. The molecule has 0 saturated heterocycles. The van der Waals surface area contributed by atoms with Gasteiger partial charge in [0.2, 0.25) is 5.91 Å². The molecule has 0 unspecified atom stereocenters. The number of aryl methyl sites for hydroxylation is 1. The van der Waals surface area contributed by atoms with Gasteiger partial charge in [0.05, 0.1) is 6.54 Å². The van der Waals surface area contributed by atoms with Gasteiger partial charge in [-0.05, 0) is 42.2 Å². The largest absolute Gasteiger partial charge is 0.308 e. The summed E-state index contributed by atoms with van der Waals surface area (Å²) in [7, 11) is 0. The quantitative estimate of drug-likeness (QED) is 0.848. The van der Waals surface area contributed by atoms with Crippen molar-refractivity contribution >= 4 is 11.6 Å². The van der Waals surface area contributed by atoms with Crippen molar-refractivity contribution in [3.05, 3.63) is 59.4 Å². The number of hydrogen-bond acceptors (Lipinski definition) is 3. The van der Waals surface area contributed by atoms with Gasteiger partial charge in [-0.15, -0.1) is 0 Å². The third-order valence-corrected chi connectivity index (χ3v) is 3.70. The number of benzene rings is 1. The second kappa shape index (κ2) is 5.76. The maximum Gasteiger partial charge on any atom is 0.227 e. The van der Waals surface area contributed by atoms with Crippen molar-refractivity contribution in [3.8, 4) is 6.07 Å². The zero-order valence-corrected chi connectivity index (χ0v) is 11.6. The summed E-state index contributed by atoms with van der Waals surface area (Å²) in [5, 5.41) is 8.93. The number of carbonyl (C=O) groups is 1. The van der Waals surface area contributed by atoms with Gasteiger partial charge in [0.25, 0.3) is 0 Å². The van der Waals surface area contributed by atoms with Gasteiger partial charge < -0.3 is 4.90 Å². The average Bonchev–Trinajstić information content (AvgIpc) is 2.68. The lowest BCUT2D eigenvalue weighted by Crippen LogP contribution is -2.29. The van der Waals surface area contributed by atoms with Crippen LogP contribution in [0.5, 0.6) is 0 Å². The highest BCUT2D eigenvalue weighted by Gasteiger charge is 2.22. The van der Waals surface area contributed by atoms with Crippen molar-refractivity contribution < 1.29 is 4.79 Å². The predicted molar refractivity (Wildman–Crippen MR) is 79.5 cm³/mol. The average molecular weight is 277 g/mol. The highest BCUT2D eigenvalue weighted by Crippen LogP contribution is 2.28. The van der Waals surface area contributed by atoms with E-state index in [0.29, 0.717) is 18.7 Å². The maximum absolute atomic E-state index is 12.4. The second-order valence-corrected chi connectivity index (χ2v) is 5.12. The molecule has 0 spiro atoms. The fourth-order valence-electron chi connectivity index (χ4n) is 2.67. The topological polar surface area (TPSA) is 57.0 Å². The molecule has 1 amide bonds. The first kappa shape index (κ1) is 13.3. The monoisotopic (exact) mass is 277 g/mol. The van der Waals surface area contributed by atoms with Gasteiger partial charge in [0, 0.05) is 18.3 Å². The third kappa shape index (κ3) is 2.77. The van der Waals surface area contributed by atoms with Crippen LogP contribution in [0, 0.1) is 11.3 Å². The number of aromatic nitrogens is 1. The minimum absolute atomic E-state index is 0.135. The standard InChI is InChI=1S/C17H15N3O/c18-11-15-10-13(8-9-19-15)12-20-16-6-2-1-4-14(16)5-3-7-17(20)21/h1-2,4,6,8-10H,3,5,7,12H2. The fraction of sp³-hybridized carbons (Fsp3) is 0.235. The van der Waals surface area contributed by atoms with E-state index in [1.165, 1.54) is 5.56 Å². The Bertz CT molecular complexity index is 718. The Kier molecular flexibility index (Phi) is 3.65. The van der Waals surface area contributed by atoms with E-state index in [4.69, 9.17) is 5.26 Å². The van der Waals surface area contributed by atoms with Crippen LogP contribution in [0.4, 0.5) is 5.69 Å². The first-order valence-corrected chi connectivity index (χ1v) is 7.01. The predicted octanol–water partition coefficient (Wildman–Crippen LogP) is 2.82. The van der Waals surface area contributed by atoms with E-state index in [1.807, 2.05) is 35.2 Å². The molecule has 1 aromatic heterocycles. The Hall–Kier alpha value is -2.67. The van der Waals surface area contributed by atoms with E-state index >= 15 is 0 Å². The van der Waals surface area contributed by atoms with E-state index in [9.17, 15) is 4.79 Å². The molecule has 1 aliphatic rings. The smallest absolute Gasteiger partial charge is 0.227 e. The van der Waals surface area contributed by atoms with Crippen molar-refractivity contribution in [1.82, 2.24) is 4.98 Å². The SMILES string of the molecule is N#Cc1cc(CN2C(=O)CCCc3ccccc32)ccn1. The van der Waals surface area contributed by atoms with Gasteiger partial charge in [-0.25, -0.2) is 4.98 Å². The Balaban J connectivity index is 1.96. The first-order valence-electron chi connectivity index (χ1n) is 7.01. The van der Waals surface area contributed by atoms with Crippen molar-refractivity contribution in [1.29, 1.82) is 5.26 Å². The molecular formula is C17H15N3O. The Morgan fingerprint density at radius 2 is 2.10 bits per heavy atom. The summed E-state index contributed by atoms with van der Waals surface area (Å²) < 4.78 is 0. The van der Waals surface area contributed by atoms with Gasteiger partial charge in [0.1, 0.15) is 11.8 Å². The summed E-state index contributed by atoms with van der Waals surface area (Å²) in [5.41, 5.74) is 3.49. The molecule has 0 radical (unpaired) electrons. The lowest BCUT2D eigenvalue weighted by molar-refractivity contribution is -0.118. The van der Waals surface area contributed by atoms with E-state index in [-0.39, 0.29) is 5.91 Å². The molecule has 1 aromatic carbocycles.